The van der Waals surface area contributed by atoms with Gasteiger partial charge in [0.2, 0.25) is 0 Å². The Bertz CT molecular complexity index is 582. The molecular weight excluding hydrogens is 230 g/mol. The fourth-order valence-corrected chi connectivity index (χ4v) is 2.41. The lowest BCUT2D eigenvalue weighted by molar-refractivity contribution is 0.689. The molecule has 0 aromatic heterocycles. The molecular formula is C18H21N. The SMILES string of the molecule is Cc1ccc(-c2ccccc2CNC2CC2)cc1C. The minimum absolute atomic E-state index is 0.757. The summed E-state index contributed by atoms with van der Waals surface area (Å²) in [4.78, 5) is 0. The topological polar surface area (TPSA) is 12.0 Å². The summed E-state index contributed by atoms with van der Waals surface area (Å²) < 4.78 is 0. The molecule has 0 spiro atoms. The summed E-state index contributed by atoms with van der Waals surface area (Å²) in [7, 11) is 0. The highest BCUT2D eigenvalue weighted by molar-refractivity contribution is 5.68. The van der Waals surface area contributed by atoms with Gasteiger partial charge in [-0.05, 0) is 54.5 Å². The van der Waals surface area contributed by atoms with E-state index in [1.165, 1.54) is 40.7 Å². The van der Waals surface area contributed by atoms with Crippen LogP contribution >= 0.6 is 0 Å². The maximum Gasteiger partial charge on any atom is 0.0214 e. The lowest BCUT2D eigenvalue weighted by Crippen LogP contribution is -2.15. The van der Waals surface area contributed by atoms with Crippen molar-refractivity contribution in [1.82, 2.24) is 5.32 Å². The molecule has 0 heterocycles. The predicted molar refractivity (Wildman–Crippen MR) is 81.2 cm³/mol. The zero-order valence-corrected chi connectivity index (χ0v) is 11.7. The van der Waals surface area contributed by atoms with Gasteiger partial charge in [0.1, 0.15) is 0 Å². The Balaban J connectivity index is 1.91. The molecule has 1 N–H and O–H groups in total. The second-order valence-corrected chi connectivity index (χ2v) is 5.61. The van der Waals surface area contributed by atoms with E-state index in [1.54, 1.807) is 0 Å². The van der Waals surface area contributed by atoms with Gasteiger partial charge >= 0.3 is 0 Å². The Morgan fingerprint density at radius 2 is 1.79 bits per heavy atom. The van der Waals surface area contributed by atoms with E-state index in [9.17, 15) is 0 Å². The van der Waals surface area contributed by atoms with E-state index in [-0.39, 0.29) is 0 Å². The van der Waals surface area contributed by atoms with Gasteiger partial charge in [-0.1, -0.05) is 42.5 Å². The van der Waals surface area contributed by atoms with Gasteiger partial charge in [0.15, 0.2) is 0 Å². The van der Waals surface area contributed by atoms with Crippen LogP contribution in [0.1, 0.15) is 29.5 Å². The molecule has 0 aliphatic heterocycles. The Morgan fingerprint density at radius 1 is 1.00 bits per heavy atom. The minimum Gasteiger partial charge on any atom is -0.310 e. The molecule has 1 fully saturated rings. The molecule has 2 aromatic rings. The van der Waals surface area contributed by atoms with Gasteiger partial charge in [0.25, 0.3) is 0 Å². The van der Waals surface area contributed by atoms with E-state index in [0.29, 0.717) is 0 Å². The van der Waals surface area contributed by atoms with Crippen molar-refractivity contribution in [1.29, 1.82) is 0 Å². The van der Waals surface area contributed by atoms with Crippen LogP contribution < -0.4 is 5.32 Å². The Morgan fingerprint density at radius 3 is 2.53 bits per heavy atom. The van der Waals surface area contributed by atoms with Crippen molar-refractivity contribution in [2.45, 2.75) is 39.3 Å². The molecule has 1 heteroatoms. The third kappa shape index (κ3) is 2.87. The first kappa shape index (κ1) is 12.4. The van der Waals surface area contributed by atoms with Crippen LogP contribution in [-0.2, 0) is 6.54 Å². The highest BCUT2D eigenvalue weighted by Crippen LogP contribution is 2.27. The van der Waals surface area contributed by atoms with Crippen molar-refractivity contribution in [2.24, 2.45) is 0 Å². The van der Waals surface area contributed by atoms with E-state index in [1.807, 2.05) is 0 Å². The number of benzene rings is 2. The van der Waals surface area contributed by atoms with E-state index in [0.717, 1.165) is 12.6 Å². The number of hydrogen-bond acceptors (Lipinski definition) is 1. The first-order valence-corrected chi connectivity index (χ1v) is 7.13. The van der Waals surface area contributed by atoms with Crippen LogP contribution in [-0.4, -0.2) is 6.04 Å². The predicted octanol–water partition coefficient (Wildman–Crippen LogP) is 4.22. The van der Waals surface area contributed by atoms with Crippen molar-refractivity contribution in [3.63, 3.8) is 0 Å². The molecule has 98 valence electrons. The fraction of sp³-hybridized carbons (Fsp3) is 0.333. The maximum absolute atomic E-state index is 3.61. The average Bonchev–Trinajstić information content (AvgIpc) is 3.24. The Kier molecular flexibility index (Phi) is 3.39. The maximum atomic E-state index is 3.61. The Hall–Kier alpha value is -1.60. The normalized spacial score (nSPS) is 14.6. The lowest BCUT2D eigenvalue weighted by Gasteiger charge is -2.12. The van der Waals surface area contributed by atoms with Crippen LogP contribution in [0, 0.1) is 13.8 Å². The summed E-state index contributed by atoms with van der Waals surface area (Å²) in [5, 5.41) is 3.61. The first-order valence-electron chi connectivity index (χ1n) is 7.13. The molecule has 19 heavy (non-hydrogen) atoms. The summed E-state index contributed by atoms with van der Waals surface area (Å²) in [6, 6.07) is 16.2. The molecule has 1 aliphatic carbocycles. The average molecular weight is 251 g/mol. The van der Waals surface area contributed by atoms with E-state index in [4.69, 9.17) is 0 Å². The second kappa shape index (κ2) is 5.18. The zero-order chi connectivity index (χ0) is 13.2. The van der Waals surface area contributed by atoms with Crippen LogP contribution in [0.4, 0.5) is 0 Å². The molecule has 0 atom stereocenters. The first-order chi connectivity index (χ1) is 9.24. The van der Waals surface area contributed by atoms with Gasteiger partial charge in [-0.15, -0.1) is 0 Å². The highest BCUT2D eigenvalue weighted by atomic mass is 14.9. The van der Waals surface area contributed by atoms with Crippen molar-refractivity contribution in [2.75, 3.05) is 0 Å². The van der Waals surface area contributed by atoms with Crippen LogP contribution in [0.5, 0.6) is 0 Å². The monoisotopic (exact) mass is 251 g/mol. The van der Waals surface area contributed by atoms with Gasteiger partial charge < -0.3 is 5.32 Å². The van der Waals surface area contributed by atoms with Crippen LogP contribution in [0.15, 0.2) is 42.5 Å². The van der Waals surface area contributed by atoms with E-state index < -0.39 is 0 Å². The zero-order valence-electron chi connectivity index (χ0n) is 11.7. The molecule has 0 radical (unpaired) electrons. The number of rotatable bonds is 4. The van der Waals surface area contributed by atoms with Crippen LogP contribution in [0.2, 0.25) is 0 Å². The molecule has 0 unspecified atom stereocenters. The summed E-state index contributed by atoms with van der Waals surface area (Å²) in [6.45, 7) is 5.33. The summed E-state index contributed by atoms with van der Waals surface area (Å²) in [5.41, 5.74) is 6.81. The highest BCUT2D eigenvalue weighted by Gasteiger charge is 2.20. The molecule has 1 saturated carbocycles. The number of hydrogen-bond donors (Lipinski definition) is 1. The van der Waals surface area contributed by atoms with Crippen molar-refractivity contribution in [3.8, 4) is 11.1 Å². The summed E-state index contributed by atoms with van der Waals surface area (Å²) >= 11 is 0. The fourth-order valence-electron chi connectivity index (χ4n) is 2.41. The van der Waals surface area contributed by atoms with E-state index in [2.05, 4.69) is 61.6 Å². The van der Waals surface area contributed by atoms with Gasteiger partial charge in [-0.25, -0.2) is 0 Å². The van der Waals surface area contributed by atoms with Gasteiger partial charge in [-0.3, -0.25) is 0 Å². The standard InChI is InChI=1S/C18H21N/c1-13-7-8-15(11-14(13)2)18-6-4-3-5-16(18)12-19-17-9-10-17/h3-8,11,17,19H,9-10,12H2,1-2H3. The van der Waals surface area contributed by atoms with Gasteiger partial charge in [0, 0.05) is 12.6 Å². The number of aryl methyl sites for hydroxylation is 2. The van der Waals surface area contributed by atoms with Crippen LogP contribution in [0.25, 0.3) is 11.1 Å². The third-order valence-corrected chi connectivity index (χ3v) is 3.99. The molecule has 3 rings (SSSR count). The molecule has 0 amide bonds. The second-order valence-electron chi connectivity index (χ2n) is 5.61. The quantitative estimate of drug-likeness (QED) is 0.857. The largest absolute Gasteiger partial charge is 0.310 e. The van der Waals surface area contributed by atoms with Gasteiger partial charge in [0.05, 0.1) is 0 Å². The summed E-state index contributed by atoms with van der Waals surface area (Å²) in [5.74, 6) is 0. The minimum atomic E-state index is 0.757. The van der Waals surface area contributed by atoms with Crippen molar-refractivity contribution >= 4 is 0 Å². The molecule has 0 saturated heterocycles. The Labute approximate surface area is 115 Å². The van der Waals surface area contributed by atoms with Crippen molar-refractivity contribution < 1.29 is 0 Å². The van der Waals surface area contributed by atoms with Gasteiger partial charge in [-0.2, -0.15) is 0 Å². The molecule has 1 nitrogen and oxygen atoms in total. The third-order valence-electron chi connectivity index (χ3n) is 3.99. The molecule has 0 bridgehead atoms. The molecule has 1 aliphatic rings. The van der Waals surface area contributed by atoms with Crippen LogP contribution in [0.3, 0.4) is 0 Å². The number of nitrogens with one attached hydrogen (secondary N) is 1. The lowest BCUT2D eigenvalue weighted by atomic mass is 9.96. The van der Waals surface area contributed by atoms with Crippen molar-refractivity contribution in [3.05, 3.63) is 59.2 Å². The van der Waals surface area contributed by atoms with E-state index >= 15 is 0 Å². The summed E-state index contributed by atoms with van der Waals surface area (Å²) in [6.07, 6.45) is 2.68. The smallest absolute Gasteiger partial charge is 0.0214 e. The molecule has 2 aromatic carbocycles.